The topological polar surface area (TPSA) is 69.8 Å². The number of fused-ring (bicyclic) bond motifs is 1. The number of para-hydroxylation sites is 1. The monoisotopic (exact) mass is 384 g/mol. The number of hydrogen-bond donors (Lipinski definition) is 3. The molecule has 0 saturated carbocycles. The molecule has 2 amide bonds. The zero-order valence-corrected chi connectivity index (χ0v) is 16.6. The van der Waals surface area contributed by atoms with Gasteiger partial charge in [0.1, 0.15) is 0 Å². The number of carbonyl (C=O) groups excluding carboxylic acids is 1. The van der Waals surface area contributed by atoms with E-state index in [1.54, 1.807) is 6.20 Å². The van der Waals surface area contributed by atoms with E-state index in [0.29, 0.717) is 6.54 Å². The zero-order chi connectivity index (χ0) is 20.2. The summed E-state index contributed by atoms with van der Waals surface area (Å²) in [4.78, 5) is 20.2. The molecule has 2 aromatic carbocycles. The van der Waals surface area contributed by atoms with Crippen LogP contribution in [0.3, 0.4) is 0 Å². The lowest BCUT2D eigenvalue weighted by Gasteiger charge is -2.18. The highest BCUT2D eigenvalue weighted by atomic mass is 16.2. The summed E-state index contributed by atoms with van der Waals surface area (Å²) >= 11 is 0. The highest BCUT2D eigenvalue weighted by molar-refractivity contribution is 5.90. The van der Waals surface area contributed by atoms with Crippen LogP contribution in [0.2, 0.25) is 0 Å². The molecule has 2 aromatic heterocycles. The number of anilines is 1. The third-order valence-electron chi connectivity index (χ3n) is 5.40. The van der Waals surface area contributed by atoms with E-state index in [9.17, 15) is 4.79 Å². The van der Waals surface area contributed by atoms with Crippen LogP contribution in [-0.2, 0) is 0 Å². The summed E-state index contributed by atoms with van der Waals surface area (Å²) in [5.41, 5.74) is 6.33. The molecule has 2 heterocycles. The highest BCUT2D eigenvalue weighted by Gasteiger charge is 2.19. The van der Waals surface area contributed by atoms with Gasteiger partial charge in [-0.1, -0.05) is 36.4 Å². The number of hydrogen-bond acceptors (Lipinski definition) is 2. The standard InChI is InChI=1S/C24H24N4O/c1-16-7-5-11-22(17(16)2)28-24(29)27-14-20(18-8-6-12-25-13-18)21-15-26-23-10-4-3-9-19(21)23/h3-13,15,20,26H,14H2,1-2H3,(H2,27,28,29)/t20-/m1/s1. The van der Waals surface area contributed by atoms with E-state index in [2.05, 4.69) is 32.7 Å². The second kappa shape index (κ2) is 8.19. The van der Waals surface area contributed by atoms with Gasteiger partial charge in [-0.05, 0) is 54.3 Å². The first-order chi connectivity index (χ1) is 14.1. The highest BCUT2D eigenvalue weighted by Crippen LogP contribution is 2.30. The summed E-state index contributed by atoms with van der Waals surface area (Å²) in [7, 11) is 0. The van der Waals surface area contributed by atoms with Crippen molar-refractivity contribution in [3.8, 4) is 0 Å². The third-order valence-corrected chi connectivity index (χ3v) is 5.40. The molecule has 1 atom stereocenters. The second-order valence-corrected chi connectivity index (χ2v) is 7.21. The fraction of sp³-hybridized carbons (Fsp3) is 0.167. The van der Waals surface area contributed by atoms with Crippen molar-refractivity contribution in [2.45, 2.75) is 19.8 Å². The molecule has 29 heavy (non-hydrogen) atoms. The van der Waals surface area contributed by atoms with Crippen molar-refractivity contribution in [3.05, 3.63) is 95.4 Å². The maximum atomic E-state index is 12.6. The molecule has 0 aliphatic rings. The number of pyridine rings is 1. The fourth-order valence-corrected chi connectivity index (χ4v) is 3.62. The van der Waals surface area contributed by atoms with Gasteiger partial charge in [-0.3, -0.25) is 4.98 Å². The number of nitrogens with zero attached hydrogens (tertiary/aromatic N) is 1. The van der Waals surface area contributed by atoms with Gasteiger partial charge < -0.3 is 15.6 Å². The van der Waals surface area contributed by atoms with Gasteiger partial charge in [-0.15, -0.1) is 0 Å². The first-order valence-electron chi connectivity index (χ1n) is 9.70. The predicted octanol–water partition coefficient (Wildman–Crippen LogP) is 5.13. The number of urea groups is 1. The minimum absolute atomic E-state index is 0.00999. The van der Waals surface area contributed by atoms with Gasteiger partial charge in [0.05, 0.1) is 0 Å². The summed E-state index contributed by atoms with van der Waals surface area (Å²) in [5.74, 6) is -0.00999. The Morgan fingerprint density at radius 2 is 1.93 bits per heavy atom. The van der Waals surface area contributed by atoms with Gasteiger partial charge in [0.25, 0.3) is 0 Å². The zero-order valence-electron chi connectivity index (χ0n) is 16.6. The van der Waals surface area contributed by atoms with Gasteiger partial charge in [0, 0.05) is 47.6 Å². The Labute approximate surface area is 170 Å². The van der Waals surface area contributed by atoms with Crippen LogP contribution in [0.25, 0.3) is 10.9 Å². The Hall–Kier alpha value is -3.60. The van der Waals surface area contributed by atoms with E-state index in [-0.39, 0.29) is 11.9 Å². The van der Waals surface area contributed by atoms with Crippen molar-refractivity contribution in [2.75, 3.05) is 11.9 Å². The fourth-order valence-electron chi connectivity index (χ4n) is 3.62. The van der Waals surface area contributed by atoms with Crippen LogP contribution in [0.15, 0.2) is 73.2 Å². The van der Waals surface area contributed by atoms with E-state index >= 15 is 0 Å². The molecule has 0 fully saturated rings. The molecule has 4 aromatic rings. The van der Waals surface area contributed by atoms with E-state index in [4.69, 9.17) is 0 Å². The average Bonchev–Trinajstić information content (AvgIpc) is 3.16. The Morgan fingerprint density at radius 1 is 1.07 bits per heavy atom. The lowest BCUT2D eigenvalue weighted by molar-refractivity contribution is 0.252. The maximum absolute atomic E-state index is 12.6. The molecule has 5 heteroatoms. The molecule has 0 aliphatic carbocycles. The van der Waals surface area contributed by atoms with Crippen LogP contribution in [-0.4, -0.2) is 22.5 Å². The molecule has 0 aliphatic heterocycles. The SMILES string of the molecule is Cc1cccc(NC(=O)NC[C@H](c2cccnc2)c2c[nH]c3ccccc23)c1C. The molecule has 0 radical (unpaired) electrons. The van der Waals surface area contributed by atoms with Crippen LogP contribution in [0.4, 0.5) is 10.5 Å². The first-order valence-corrected chi connectivity index (χ1v) is 9.70. The molecular weight excluding hydrogens is 360 g/mol. The van der Waals surface area contributed by atoms with Gasteiger partial charge in [-0.25, -0.2) is 4.79 Å². The number of aromatic amines is 1. The van der Waals surface area contributed by atoms with Gasteiger partial charge in [-0.2, -0.15) is 0 Å². The minimum atomic E-state index is -0.215. The smallest absolute Gasteiger partial charge is 0.319 e. The second-order valence-electron chi connectivity index (χ2n) is 7.21. The van der Waals surface area contributed by atoms with Crippen LogP contribution in [0, 0.1) is 13.8 Å². The number of H-pyrrole nitrogens is 1. The number of rotatable bonds is 5. The Kier molecular flexibility index (Phi) is 5.29. The van der Waals surface area contributed by atoms with Gasteiger partial charge in [0.15, 0.2) is 0 Å². The number of benzene rings is 2. The molecule has 0 bridgehead atoms. The summed E-state index contributed by atoms with van der Waals surface area (Å²) in [5, 5.41) is 7.16. The molecular formula is C24H24N4O. The lowest BCUT2D eigenvalue weighted by atomic mass is 9.92. The van der Waals surface area contributed by atoms with Crippen molar-refractivity contribution >= 4 is 22.6 Å². The van der Waals surface area contributed by atoms with Crippen molar-refractivity contribution < 1.29 is 4.79 Å². The van der Waals surface area contributed by atoms with E-state index in [0.717, 1.165) is 38.8 Å². The lowest BCUT2D eigenvalue weighted by Crippen LogP contribution is -2.33. The molecule has 5 nitrogen and oxygen atoms in total. The number of amides is 2. The van der Waals surface area contributed by atoms with Crippen molar-refractivity contribution in [1.82, 2.24) is 15.3 Å². The predicted molar refractivity (Wildman–Crippen MR) is 117 cm³/mol. The maximum Gasteiger partial charge on any atom is 0.319 e. The largest absolute Gasteiger partial charge is 0.361 e. The Bertz CT molecular complexity index is 1130. The quantitative estimate of drug-likeness (QED) is 0.446. The Morgan fingerprint density at radius 3 is 2.76 bits per heavy atom. The van der Waals surface area contributed by atoms with Crippen molar-refractivity contribution in [2.24, 2.45) is 0 Å². The van der Waals surface area contributed by atoms with Crippen molar-refractivity contribution in [3.63, 3.8) is 0 Å². The summed E-state index contributed by atoms with van der Waals surface area (Å²) in [6.45, 7) is 4.51. The average molecular weight is 384 g/mol. The summed E-state index contributed by atoms with van der Waals surface area (Å²) < 4.78 is 0. The normalized spacial score (nSPS) is 11.9. The van der Waals surface area contributed by atoms with E-state index < -0.39 is 0 Å². The van der Waals surface area contributed by atoms with Crippen LogP contribution < -0.4 is 10.6 Å². The summed E-state index contributed by atoms with van der Waals surface area (Å²) in [6.07, 6.45) is 5.64. The Balaban J connectivity index is 1.56. The molecule has 0 unspecified atom stereocenters. The molecule has 0 spiro atoms. The number of aryl methyl sites for hydroxylation is 1. The number of aromatic nitrogens is 2. The first kappa shape index (κ1) is 18.7. The van der Waals surface area contributed by atoms with Crippen LogP contribution in [0.1, 0.15) is 28.2 Å². The van der Waals surface area contributed by atoms with Gasteiger partial charge in [0.2, 0.25) is 0 Å². The molecule has 146 valence electrons. The van der Waals surface area contributed by atoms with E-state index in [1.807, 2.05) is 68.7 Å². The number of carbonyl (C=O) groups is 1. The van der Waals surface area contributed by atoms with Crippen molar-refractivity contribution in [1.29, 1.82) is 0 Å². The minimum Gasteiger partial charge on any atom is -0.361 e. The van der Waals surface area contributed by atoms with Gasteiger partial charge >= 0.3 is 6.03 Å². The number of nitrogens with one attached hydrogen (secondary N) is 3. The molecule has 0 saturated heterocycles. The molecule has 3 N–H and O–H groups in total. The molecule has 4 rings (SSSR count). The summed E-state index contributed by atoms with van der Waals surface area (Å²) in [6, 6.07) is 17.8. The third kappa shape index (κ3) is 3.99. The van der Waals surface area contributed by atoms with E-state index in [1.165, 1.54) is 0 Å². The van der Waals surface area contributed by atoms with Crippen LogP contribution in [0.5, 0.6) is 0 Å². The van der Waals surface area contributed by atoms with Crippen LogP contribution >= 0.6 is 0 Å².